The van der Waals surface area contributed by atoms with Crippen molar-refractivity contribution in [2.75, 3.05) is 65.2 Å². The Morgan fingerprint density at radius 2 is 1.16 bits per heavy atom. The van der Waals surface area contributed by atoms with Gasteiger partial charge in [0.25, 0.3) is 0 Å². The highest BCUT2D eigenvalue weighted by molar-refractivity contribution is 8.00. The first-order chi connectivity index (χ1) is 33.5. The van der Waals surface area contributed by atoms with Gasteiger partial charge in [0.05, 0.1) is 78.5 Å². The fraction of sp³-hybridized carbons (Fsp3) is 0.647. The van der Waals surface area contributed by atoms with E-state index in [1.165, 1.54) is 0 Å². The van der Waals surface area contributed by atoms with Crippen molar-refractivity contribution in [2.24, 2.45) is 10.8 Å². The summed E-state index contributed by atoms with van der Waals surface area (Å²) in [5, 5.41) is 19.1. The Kier molecular flexibility index (Phi) is 20.8. The molecule has 19 heteroatoms. The molecule has 4 fully saturated rings. The van der Waals surface area contributed by atoms with E-state index >= 15 is 0 Å². The van der Waals surface area contributed by atoms with Gasteiger partial charge < -0.3 is 55.9 Å². The smallest absolute Gasteiger partial charge is 0.246 e. The Morgan fingerprint density at radius 3 is 1.69 bits per heavy atom. The zero-order valence-corrected chi connectivity index (χ0v) is 45.4. The van der Waals surface area contributed by atoms with Crippen molar-refractivity contribution < 1.29 is 33.4 Å². The van der Waals surface area contributed by atoms with E-state index < -0.39 is 41.0 Å². The molecule has 4 amide bonds. The standard InChI is InChI=1S/C51H76N8O7S4/c1-32(52-7)46(67)56-37-19-26-69-40-28-50(3,4)42(58(40)48(37)62)44(60)54-30-36-17-13-12-14-34(36)18-21-64-22-23-65-24-25-66-31-39(35-15-10-9-11-16-35)55-45(61)43-51(5,6)29-41-59(43)49(63)38(20-27-70-41)57-47(68)33(2)53-8/h9-17,32-33,37-43,52-53H,18-31H2,1-8H3,(H,54,60)(H,55,61)(H,56,67)(H,57,68)/t32-,33-,37-,38-,39+,40?,41-,42+,43?/m0/s1. The van der Waals surface area contributed by atoms with Crippen LogP contribution in [0.2, 0.25) is 0 Å². The maximum atomic E-state index is 14.4. The van der Waals surface area contributed by atoms with Crippen LogP contribution in [0.25, 0.3) is 0 Å². The second-order valence-electron chi connectivity index (χ2n) is 20.1. The minimum atomic E-state index is -0.664. The number of benzene rings is 2. The van der Waals surface area contributed by atoms with Gasteiger partial charge in [-0.3, -0.25) is 19.2 Å². The minimum absolute atomic E-state index is 0.0692. The zero-order valence-electron chi connectivity index (χ0n) is 42.2. The van der Waals surface area contributed by atoms with E-state index in [2.05, 4.69) is 65.7 Å². The number of likely N-dealkylation sites (N-methyl/N-ethyl adjacent to an activating group) is 2. The Balaban J connectivity index is 0.936. The van der Waals surface area contributed by atoms with Crippen molar-refractivity contribution in [3.05, 3.63) is 71.3 Å². The Hall–Kier alpha value is -3.40. The molecule has 4 saturated heterocycles. The molecular formula is C51H76N8O7S4. The average molecular weight is 1040 g/mol. The summed E-state index contributed by atoms with van der Waals surface area (Å²) in [6, 6.07) is 14.9. The van der Waals surface area contributed by atoms with E-state index in [1.807, 2.05) is 81.4 Å². The zero-order chi connectivity index (χ0) is 50.6. The highest BCUT2D eigenvalue weighted by Gasteiger charge is 2.56. The predicted molar refractivity (Wildman–Crippen MR) is 288 cm³/mol. The van der Waals surface area contributed by atoms with Crippen LogP contribution in [0.1, 0.15) is 90.0 Å². The largest absolute Gasteiger partial charge is 0.379 e. The molecule has 9 atom stereocenters. The highest BCUT2D eigenvalue weighted by Crippen LogP contribution is 2.48. The third kappa shape index (κ3) is 14.2. The van der Waals surface area contributed by atoms with Crippen LogP contribution in [0, 0.1) is 10.8 Å². The van der Waals surface area contributed by atoms with Gasteiger partial charge in [-0.25, -0.2) is 0 Å². The maximum absolute atomic E-state index is 14.4. The van der Waals surface area contributed by atoms with Gasteiger partial charge in [0.1, 0.15) is 24.2 Å². The molecule has 2 unspecified atom stereocenters. The lowest BCUT2D eigenvalue weighted by Crippen LogP contribution is -2.58. The minimum Gasteiger partial charge on any atom is -0.379 e. The van der Waals surface area contributed by atoms with Gasteiger partial charge in [0.2, 0.25) is 23.6 Å². The topological polar surface area (TPSA) is 175 Å². The van der Waals surface area contributed by atoms with Crippen LogP contribution >= 0.6 is 48.0 Å². The van der Waals surface area contributed by atoms with Crippen LogP contribution in [0.5, 0.6) is 0 Å². The van der Waals surface area contributed by atoms with E-state index in [1.54, 1.807) is 28.4 Å². The fourth-order valence-corrected chi connectivity index (χ4v) is 13.5. The van der Waals surface area contributed by atoms with Gasteiger partial charge in [-0.1, -0.05) is 107 Å². The quantitative estimate of drug-likeness (QED) is 0.0667. The van der Waals surface area contributed by atoms with Crippen molar-refractivity contribution in [1.29, 1.82) is 0 Å². The molecule has 0 aromatic heterocycles. The molecular weight excluding hydrogens is 965 g/mol. The van der Waals surface area contributed by atoms with E-state index in [9.17, 15) is 19.2 Å². The predicted octanol–water partition coefficient (Wildman–Crippen LogP) is 4.72. The number of thiocarbonyl (C=S) groups is 2. The Morgan fingerprint density at radius 1 is 0.686 bits per heavy atom. The first-order valence-corrected chi connectivity index (χ1v) is 27.6. The molecule has 6 N–H and O–H groups in total. The van der Waals surface area contributed by atoms with Crippen LogP contribution in [0.15, 0.2) is 54.6 Å². The molecule has 0 aliphatic carbocycles. The third-order valence-corrected chi connectivity index (χ3v) is 17.5. The second kappa shape index (κ2) is 26.0. The summed E-state index contributed by atoms with van der Waals surface area (Å²) in [7, 11) is 3.67. The summed E-state index contributed by atoms with van der Waals surface area (Å²) in [6.45, 7) is 14.7. The summed E-state index contributed by atoms with van der Waals surface area (Å²) < 4.78 is 17.9. The van der Waals surface area contributed by atoms with Crippen LogP contribution < -0.4 is 31.9 Å². The van der Waals surface area contributed by atoms with Crippen molar-refractivity contribution in [3.63, 3.8) is 0 Å². The number of amides is 4. The van der Waals surface area contributed by atoms with E-state index in [0.29, 0.717) is 75.2 Å². The number of nitrogens with one attached hydrogen (secondary N) is 6. The van der Waals surface area contributed by atoms with Gasteiger partial charge in [0, 0.05) is 6.54 Å². The molecule has 0 saturated carbocycles. The van der Waals surface area contributed by atoms with Gasteiger partial charge >= 0.3 is 0 Å². The van der Waals surface area contributed by atoms with E-state index in [0.717, 1.165) is 34.6 Å². The fourth-order valence-electron chi connectivity index (χ4n) is 9.79. The maximum Gasteiger partial charge on any atom is 0.246 e. The summed E-state index contributed by atoms with van der Waals surface area (Å²) >= 11 is 14.7. The monoisotopic (exact) mass is 1040 g/mol. The number of nitrogens with zero attached hydrogens (tertiary/aromatic N) is 2. The molecule has 15 nitrogen and oxygen atoms in total. The van der Waals surface area contributed by atoms with Crippen LogP contribution in [0.4, 0.5) is 0 Å². The molecule has 0 bridgehead atoms. The number of rotatable bonds is 23. The number of hydrogen-bond acceptors (Lipinski definition) is 13. The van der Waals surface area contributed by atoms with E-state index in [-0.39, 0.29) is 53.1 Å². The van der Waals surface area contributed by atoms with Crippen LogP contribution in [0.3, 0.4) is 0 Å². The summed E-state index contributed by atoms with van der Waals surface area (Å²) in [5.74, 6) is 1.07. The van der Waals surface area contributed by atoms with E-state index in [4.69, 9.17) is 38.6 Å². The third-order valence-electron chi connectivity index (χ3n) is 14.0. The molecule has 4 aliphatic rings. The number of fused-ring (bicyclic) bond motifs is 2. The molecule has 0 spiro atoms. The van der Waals surface area contributed by atoms with Gasteiger partial charge in [-0.05, 0) is 99.1 Å². The molecule has 2 aromatic rings. The summed E-state index contributed by atoms with van der Waals surface area (Å²) in [5.41, 5.74) is 2.13. The SMILES string of the molecule is CN[C@@H](C)C(=S)N[C@H]1CCS[C@H]2CC(C)(C)C(C(=O)N[C@H](COCCOCCOCCc3ccccc3CNC(=O)[C@H]3N4C(=O)[C@@H](NC(=S)[C@H](C)NC)CCSC4CC3(C)C)c3ccccc3)N2C1=O. The number of carbonyl (C=O) groups is 4. The molecule has 70 heavy (non-hydrogen) atoms. The van der Waals surface area contributed by atoms with Crippen molar-refractivity contribution in [3.8, 4) is 0 Å². The number of thioether (sulfide) groups is 2. The molecule has 0 radical (unpaired) electrons. The molecule has 4 heterocycles. The van der Waals surface area contributed by atoms with Crippen molar-refractivity contribution in [2.45, 2.75) is 133 Å². The molecule has 2 aromatic carbocycles. The Bertz CT molecular complexity index is 2120. The first-order valence-electron chi connectivity index (χ1n) is 24.7. The molecule has 4 aliphatic heterocycles. The van der Waals surface area contributed by atoms with Gasteiger partial charge in [-0.2, -0.15) is 0 Å². The lowest BCUT2D eigenvalue weighted by Gasteiger charge is -2.35. The van der Waals surface area contributed by atoms with Crippen molar-refractivity contribution >= 4 is 81.6 Å². The normalized spacial score (nSPS) is 25.1. The van der Waals surface area contributed by atoms with Gasteiger partial charge in [-0.15, -0.1) is 23.5 Å². The first kappa shape index (κ1) is 55.9. The molecule has 386 valence electrons. The Labute approximate surface area is 434 Å². The van der Waals surface area contributed by atoms with Crippen molar-refractivity contribution in [1.82, 2.24) is 41.7 Å². The van der Waals surface area contributed by atoms with Crippen LogP contribution in [-0.2, 0) is 46.4 Å². The summed E-state index contributed by atoms with van der Waals surface area (Å²) in [4.78, 5) is 61.4. The number of ether oxygens (including phenoxy) is 3. The molecule has 6 rings (SSSR count). The second-order valence-corrected chi connectivity index (χ2v) is 23.5. The lowest BCUT2D eigenvalue weighted by molar-refractivity contribution is -0.142. The summed E-state index contributed by atoms with van der Waals surface area (Å²) in [6.07, 6.45) is 3.38. The number of hydrogen-bond donors (Lipinski definition) is 6. The lowest BCUT2D eigenvalue weighted by atomic mass is 9.83. The highest BCUT2D eigenvalue weighted by atomic mass is 32.2. The van der Waals surface area contributed by atoms with Gasteiger partial charge in [0.15, 0.2) is 0 Å². The van der Waals surface area contributed by atoms with Crippen LogP contribution in [-0.4, -0.2) is 156 Å². The number of carbonyl (C=O) groups excluding carboxylic acids is 4. The average Bonchev–Trinajstić information content (AvgIpc) is 3.66.